The fraction of sp³-hybridized carbons (Fsp3) is 0.143. The Bertz CT molecular complexity index is 485. The molecular weight excluding hydrogens is 233 g/mol. The number of benzene rings is 2. The molecule has 0 spiro atoms. The minimum atomic E-state index is -0.198. The molecule has 1 radical (unpaired) electrons. The molecular formula is C14H13FNS. The Hall–Kier alpha value is -1.48. The van der Waals surface area contributed by atoms with E-state index in [-0.39, 0.29) is 5.82 Å². The zero-order chi connectivity index (χ0) is 12.1. The summed E-state index contributed by atoms with van der Waals surface area (Å²) in [6.07, 6.45) is 1.99. The molecule has 0 aromatic heterocycles. The number of para-hydroxylation sites is 1. The Labute approximate surface area is 105 Å². The fourth-order valence-electron chi connectivity index (χ4n) is 1.58. The Balaban J connectivity index is 2.11. The number of rotatable bonds is 4. The quantitative estimate of drug-likeness (QED) is 0.819. The highest BCUT2D eigenvalue weighted by atomic mass is 32.2. The van der Waals surface area contributed by atoms with Crippen LogP contribution in [0.2, 0.25) is 0 Å². The van der Waals surface area contributed by atoms with E-state index in [2.05, 4.69) is 11.4 Å². The molecule has 2 aromatic carbocycles. The maximum Gasteiger partial charge on any atom is 0.123 e. The normalized spacial score (nSPS) is 10.2. The molecule has 0 bridgehead atoms. The molecule has 1 N–H and O–H groups in total. The number of halogens is 1. The predicted octanol–water partition coefficient (Wildman–Crippen LogP) is 3.96. The van der Waals surface area contributed by atoms with Gasteiger partial charge in [-0.25, -0.2) is 4.39 Å². The third-order valence-corrected chi connectivity index (χ3v) is 3.26. The van der Waals surface area contributed by atoms with Gasteiger partial charge in [0.25, 0.3) is 0 Å². The van der Waals surface area contributed by atoms with E-state index in [9.17, 15) is 4.39 Å². The van der Waals surface area contributed by atoms with Gasteiger partial charge in [0.05, 0.1) is 0 Å². The van der Waals surface area contributed by atoms with Crippen molar-refractivity contribution in [3.63, 3.8) is 0 Å². The van der Waals surface area contributed by atoms with Crippen molar-refractivity contribution in [1.29, 1.82) is 0 Å². The van der Waals surface area contributed by atoms with E-state index in [0.29, 0.717) is 6.54 Å². The summed E-state index contributed by atoms with van der Waals surface area (Å²) >= 11 is 1.62. The first-order chi connectivity index (χ1) is 8.29. The first-order valence-electron chi connectivity index (χ1n) is 5.32. The van der Waals surface area contributed by atoms with Crippen molar-refractivity contribution < 1.29 is 4.39 Å². The van der Waals surface area contributed by atoms with Crippen molar-refractivity contribution in [2.24, 2.45) is 0 Å². The third-order valence-electron chi connectivity index (χ3n) is 2.42. The van der Waals surface area contributed by atoms with Gasteiger partial charge in [0, 0.05) is 23.2 Å². The molecule has 0 amide bonds. The maximum absolute atomic E-state index is 13.2. The van der Waals surface area contributed by atoms with Crippen molar-refractivity contribution >= 4 is 17.4 Å². The van der Waals surface area contributed by atoms with Gasteiger partial charge in [-0.3, -0.25) is 0 Å². The Morgan fingerprint density at radius 1 is 1.29 bits per heavy atom. The van der Waals surface area contributed by atoms with Crippen LogP contribution in [0.15, 0.2) is 47.4 Å². The van der Waals surface area contributed by atoms with Crippen LogP contribution >= 0.6 is 11.8 Å². The van der Waals surface area contributed by atoms with E-state index < -0.39 is 0 Å². The molecule has 0 atom stereocenters. The van der Waals surface area contributed by atoms with Crippen LogP contribution in [0.5, 0.6) is 0 Å². The molecule has 2 aromatic rings. The van der Waals surface area contributed by atoms with Gasteiger partial charge in [0.1, 0.15) is 5.82 Å². The van der Waals surface area contributed by atoms with E-state index in [1.54, 1.807) is 17.8 Å². The number of anilines is 1. The topological polar surface area (TPSA) is 12.0 Å². The zero-order valence-electron chi connectivity index (χ0n) is 9.53. The first kappa shape index (κ1) is 12.0. The van der Waals surface area contributed by atoms with Crippen LogP contribution in [0.1, 0.15) is 5.56 Å². The van der Waals surface area contributed by atoms with Gasteiger partial charge in [-0.05, 0) is 36.1 Å². The van der Waals surface area contributed by atoms with E-state index in [1.165, 1.54) is 6.07 Å². The van der Waals surface area contributed by atoms with Crippen LogP contribution in [0.3, 0.4) is 0 Å². The highest BCUT2D eigenvalue weighted by molar-refractivity contribution is 7.98. The molecule has 87 valence electrons. The third kappa shape index (κ3) is 3.24. The molecule has 0 saturated carbocycles. The molecule has 1 nitrogen and oxygen atoms in total. The summed E-state index contributed by atoms with van der Waals surface area (Å²) < 4.78 is 13.2. The minimum absolute atomic E-state index is 0.198. The SMILES string of the molecule is CSc1ccc(F)cc1CNc1[c]cccc1. The Morgan fingerprint density at radius 3 is 2.88 bits per heavy atom. The van der Waals surface area contributed by atoms with Crippen molar-refractivity contribution in [3.8, 4) is 0 Å². The van der Waals surface area contributed by atoms with Crippen LogP contribution < -0.4 is 5.32 Å². The summed E-state index contributed by atoms with van der Waals surface area (Å²) in [5.41, 5.74) is 1.89. The summed E-state index contributed by atoms with van der Waals surface area (Å²) in [6.45, 7) is 0.606. The monoisotopic (exact) mass is 246 g/mol. The van der Waals surface area contributed by atoms with Gasteiger partial charge >= 0.3 is 0 Å². The van der Waals surface area contributed by atoms with E-state index in [1.807, 2.05) is 36.6 Å². The average Bonchev–Trinajstić information content (AvgIpc) is 2.38. The summed E-state index contributed by atoms with van der Waals surface area (Å²) in [5.74, 6) is -0.198. The van der Waals surface area contributed by atoms with Crippen LogP contribution in [0.4, 0.5) is 10.1 Å². The van der Waals surface area contributed by atoms with E-state index >= 15 is 0 Å². The number of nitrogens with one attached hydrogen (secondary N) is 1. The zero-order valence-corrected chi connectivity index (χ0v) is 10.4. The summed E-state index contributed by atoms with van der Waals surface area (Å²) in [7, 11) is 0. The Kier molecular flexibility index (Phi) is 4.04. The second-order valence-electron chi connectivity index (χ2n) is 3.59. The molecule has 3 heteroatoms. The highest BCUT2D eigenvalue weighted by Gasteiger charge is 2.03. The smallest absolute Gasteiger partial charge is 0.123 e. The van der Waals surface area contributed by atoms with Gasteiger partial charge in [0.15, 0.2) is 0 Å². The van der Waals surface area contributed by atoms with Crippen LogP contribution in [0, 0.1) is 11.9 Å². The van der Waals surface area contributed by atoms with Gasteiger partial charge in [0.2, 0.25) is 0 Å². The summed E-state index contributed by atoms with van der Waals surface area (Å²) in [5, 5.41) is 3.23. The lowest BCUT2D eigenvalue weighted by Crippen LogP contribution is -2.01. The number of hydrogen-bond donors (Lipinski definition) is 1. The molecule has 2 rings (SSSR count). The molecule has 0 aliphatic carbocycles. The van der Waals surface area contributed by atoms with Gasteiger partial charge in [-0.1, -0.05) is 18.2 Å². The fourth-order valence-corrected chi connectivity index (χ4v) is 2.18. The van der Waals surface area contributed by atoms with E-state index in [0.717, 1.165) is 16.1 Å². The summed E-state index contributed by atoms with van der Waals surface area (Å²) in [6, 6.07) is 15.6. The highest BCUT2D eigenvalue weighted by Crippen LogP contribution is 2.22. The molecule has 17 heavy (non-hydrogen) atoms. The summed E-state index contributed by atoms with van der Waals surface area (Å²) in [4.78, 5) is 1.09. The van der Waals surface area contributed by atoms with Gasteiger partial charge in [-0.15, -0.1) is 11.8 Å². The standard InChI is InChI=1S/C14H13FNS/c1-17-14-8-7-12(15)9-11(14)10-16-13-5-3-2-4-6-13/h2-5,7-9,16H,10H2,1H3. The van der Waals surface area contributed by atoms with E-state index in [4.69, 9.17) is 0 Å². The van der Waals surface area contributed by atoms with Crippen LogP contribution in [0.25, 0.3) is 0 Å². The number of thioether (sulfide) groups is 1. The molecule has 0 saturated heterocycles. The molecule has 0 aliphatic heterocycles. The lowest BCUT2D eigenvalue weighted by molar-refractivity contribution is 0.624. The van der Waals surface area contributed by atoms with Crippen LogP contribution in [-0.2, 0) is 6.54 Å². The second kappa shape index (κ2) is 5.73. The van der Waals surface area contributed by atoms with Crippen molar-refractivity contribution in [1.82, 2.24) is 0 Å². The van der Waals surface area contributed by atoms with Crippen LogP contribution in [-0.4, -0.2) is 6.26 Å². The Morgan fingerprint density at radius 2 is 2.18 bits per heavy atom. The number of hydrogen-bond acceptors (Lipinski definition) is 2. The van der Waals surface area contributed by atoms with Gasteiger partial charge < -0.3 is 5.32 Å². The first-order valence-corrected chi connectivity index (χ1v) is 6.55. The molecule has 0 aliphatic rings. The average molecular weight is 246 g/mol. The second-order valence-corrected chi connectivity index (χ2v) is 4.43. The predicted molar refractivity (Wildman–Crippen MR) is 70.8 cm³/mol. The lowest BCUT2D eigenvalue weighted by Gasteiger charge is -2.09. The maximum atomic E-state index is 13.2. The lowest BCUT2D eigenvalue weighted by atomic mass is 10.2. The van der Waals surface area contributed by atoms with Crippen molar-refractivity contribution in [2.75, 3.05) is 11.6 Å². The largest absolute Gasteiger partial charge is 0.380 e. The van der Waals surface area contributed by atoms with Crippen molar-refractivity contribution in [3.05, 3.63) is 59.9 Å². The molecule has 0 unspecified atom stereocenters. The molecule has 0 fully saturated rings. The minimum Gasteiger partial charge on any atom is -0.380 e. The molecule has 0 heterocycles. The van der Waals surface area contributed by atoms with Gasteiger partial charge in [-0.2, -0.15) is 0 Å². The van der Waals surface area contributed by atoms with Crippen molar-refractivity contribution in [2.45, 2.75) is 11.4 Å².